The molecule has 0 aliphatic rings. The molecule has 2 aromatic heterocycles. The maximum atomic E-state index is 4.75. The lowest BCUT2D eigenvalue weighted by Gasteiger charge is -2.14. The second kappa shape index (κ2) is 4.56. The Bertz CT molecular complexity index is 518. The van der Waals surface area contributed by atoms with Crippen molar-refractivity contribution in [1.82, 2.24) is 14.8 Å². The molecule has 0 radical (unpaired) electrons. The zero-order valence-corrected chi connectivity index (χ0v) is 11.8. The van der Waals surface area contributed by atoms with E-state index in [1.165, 1.54) is 5.69 Å². The molecule has 96 valence electrons. The van der Waals surface area contributed by atoms with Crippen molar-refractivity contribution in [3.8, 4) is 5.69 Å². The number of rotatable bonds is 2. The fourth-order valence-corrected chi connectivity index (χ4v) is 1.86. The number of hydrogen-bond acceptors (Lipinski definition) is 2. The van der Waals surface area contributed by atoms with Crippen molar-refractivity contribution in [2.45, 2.75) is 46.0 Å². The average Bonchev–Trinajstić information content (AvgIpc) is 2.74. The third-order valence-electron chi connectivity index (χ3n) is 2.99. The molecule has 0 amide bonds. The second-order valence-corrected chi connectivity index (χ2v) is 5.98. The first-order valence-corrected chi connectivity index (χ1v) is 6.40. The van der Waals surface area contributed by atoms with E-state index in [4.69, 9.17) is 5.10 Å². The molecular weight excluding hydrogens is 222 g/mol. The minimum absolute atomic E-state index is 0.0666. The van der Waals surface area contributed by atoms with Crippen LogP contribution in [0.4, 0.5) is 0 Å². The van der Waals surface area contributed by atoms with Crippen LogP contribution in [0.25, 0.3) is 5.69 Å². The summed E-state index contributed by atoms with van der Waals surface area (Å²) in [6, 6.07) is 6.19. The molecule has 0 unspecified atom stereocenters. The molecule has 0 saturated carbocycles. The van der Waals surface area contributed by atoms with Gasteiger partial charge in [0.1, 0.15) is 0 Å². The summed E-state index contributed by atoms with van der Waals surface area (Å²) in [5.74, 6) is 0.439. The minimum Gasteiger partial charge on any atom is -0.262 e. The van der Waals surface area contributed by atoms with E-state index in [0.29, 0.717) is 5.92 Å². The zero-order valence-electron chi connectivity index (χ0n) is 11.8. The number of aromatic nitrogens is 3. The van der Waals surface area contributed by atoms with E-state index in [0.717, 1.165) is 11.4 Å². The Morgan fingerprint density at radius 2 is 1.94 bits per heavy atom. The molecule has 2 aromatic rings. The van der Waals surface area contributed by atoms with Crippen LogP contribution in [0.15, 0.2) is 30.6 Å². The van der Waals surface area contributed by atoms with E-state index < -0.39 is 0 Å². The topological polar surface area (TPSA) is 30.7 Å². The molecular formula is C15H21N3. The van der Waals surface area contributed by atoms with Crippen molar-refractivity contribution >= 4 is 0 Å². The SMILES string of the molecule is CC(C)c1cc(C(C)(C)C)nn1-c1cccnc1. The van der Waals surface area contributed by atoms with Crippen LogP contribution < -0.4 is 0 Å². The molecule has 0 aromatic carbocycles. The van der Waals surface area contributed by atoms with E-state index in [1.54, 1.807) is 6.20 Å². The average molecular weight is 243 g/mol. The van der Waals surface area contributed by atoms with Gasteiger partial charge < -0.3 is 0 Å². The van der Waals surface area contributed by atoms with E-state index in [1.807, 2.05) is 23.0 Å². The fraction of sp³-hybridized carbons (Fsp3) is 0.467. The summed E-state index contributed by atoms with van der Waals surface area (Å²) in [5, 5.41) is 4.75. The Kier molecular flexibility index (Phi) is 3.24. The lowest BCUT2D eigenvalue weighted by atomic mass is 9.92. The van der Waals surface area contributed by atoms with Crippen LogP contribution >= 0.6 is 0 Å². The van der Waals surface area contributed by atoms with Gasteiger partial charge in [0.2, 0.25) is 0 Å². The van der Waals surface area contributed by atoms with Gasteiger partial charge in [-0.1, -0.05) is 34.6 Å². The summed E-state index contributed by atoms with van der Waals surface area (Å²) < 4.78 is 2.01. The highest BCUT2D eigenvalue weighted by Gasteiger charge is 2.21. The lowest BCUT2D eigenvalue weighted by molar-refractivity contribution is 0.559. The first-order chi connectivity index (χ1) is 8.39. The Morgan fingerprint density at radius 1 is 1.22 bits per heavy atom. The van der Waals surface area contributed by atoms with Gasteiger partial charge in [-0.15, -0.1) is 0 Å². The highest BCUT2D eigenvalue weighted by Crippen LogP contribution is 2.26. The molecule has 18 heavy (non-hydrogen) atoms. The fourth-order valence-electron chi connectivity index (χ4n) is 1.86. The summed E-state index contributed by atoms with van der Waals surface area (Å²) >= 11 is 0. The second-order valence-electron chi connectivity index (χ2n) is 5.98. The molecule has 3 heteroatoms. The first kappa shape index (κ1) is 12.8. The molecule has 3 nitrogen and oxygen atoms in total. The third-order valence-corrected chi connectivity index (χ3v) is 2.99. The Labute approximate surface area is 109 Å². The van der Waals surface area contributed by atoms with E-state index in [-0.39, 0.29) is 5.41 Å². The monoisotopic (exact) mass is 243 g/mol. The Balaban J connectivity index is 2.56. The van der Waals surface area contributed by atoms with Crippen molar-refractivity contribution in [3.05, 3.63) is 42.0 Å². The Hall–Kier alpha value is -1.64. The smallest absolute Gasteiger partial charge is 0.0832 e. The third kappa shape index (κ3) is 2.45. The van der Waals surface area contributed by atoms with Crippen LogP contribution in [-0.4, -0.2) is 14.8 Å². The highest BCUT2D eigenvalue weighted by atomic mass is 15.3. The summed E-state index contributed by atoms with van der Waals surface area (Å²) in [5.41, 5.74) is 3.44. The molecule has 2 heterocycles. The van der Waals surface area contributed by atoms with Gasteiger partial charge in [-0.05, 0) is 24.1 Å². The summed E-state index contributed by atoms with van der Waals surface area (Å²) in [7, 11) is 0. The highest BCUT2D eigenvalue weighted by molar-refractivity contribution is 5.33. The van der Waals surface area contributed by atoms with Crippen LogP contribution in [0, 0.1) is 0 Å². The van der Waals surface area contributed by atoms with E-state index >= 15 is 0 Å². The number of nitrogens with zero attached hydrogens (tertiary/aromatic N) is 3. The van der Waals surface area contributed by atoms with Gasteiger partial charge in [-0.25, -0.2) is 4.68 Å². The first-order valence-electron chi connectivity index (χ1n) is 6.40. The van der Waals surface area contributed by atoms with Crippen LogP contribution in [-0.2, 0) is 5.41 Å². The lowest BCUT2D eigenvalue weighted by Crippen LogP contribution is -2.12. The van der Waals surface area contributed by atoms with Crippen LogP contribution in [0.5, 0.6) is 0 Å². The van der Waals surface area contributed by atoms with Gasteiger partial charge in [0.15, 0.2) is 0 Å². The van der Waals surface area contributed by atoms with E-state index in [9.17, 15) is 0 Å². The molecule has 0 aliphatic heterocycles. The molecule has 0 aliphatic carbocycles. The quantitative estimate of drug-likeness (QED) is 0.805. The summed E-state index contributed by atoms with van der Waals surface area (Å²) in [6.45, 7) is 10.9. The standard InChI is InChI=1S/C15H21N3/c1-11(2)13-9-14(15(3,4)5)17-18(13)12-7-6-8-16-10-12/h6-11H,1-5H3. The Morgan fingerprint density at radius 3 is 2.44 bits per heavy atom. The van der Waals surface area contributed by atoms with Gasteiger partial charge in [-0.3, -0.25) is 4.98 Å². The predicted molar refractivity (Wildman–Crippen MR) is 74.1 cm³/mol. The van der Waals surface area contributed by atoms with Gasteiger partial charge >= 0.3 is 0 Å². The maximum absolute atomic E-state index is 4.75. The van der Waals surface area contributed by atoms with Crippen molar-refractivity contribution in [2.75, 3.05) is 0 Å². The van der Waals surface area contributed by atoms with Gasteiger partial charge in [0.25, 0.3) is 0 Å². The van der Waals surface area contributed by atoms with Crippen molar-refractivity contribution in [1.29, 1.82) is 0 Å². The zero-order chi connectivity index (χ0) is 13.3. The van der Waals surface area contributed by atoms with Crippen LogP contribution in [0.3, 0.4) is 0 Å². The predicted octanol–water partition coefficient (Wildman–Crippen LogP) is 3.69. The van der Waals surface area contributed by atoms with Gasteiger partial charge in [0, 0.05) is 17.3 Å². The van der Waals surface area contributed by atoms with Crippen molar-refractivity contribution in [3.63, 3.8) is 0 Å². The maximum Gasteiger partial charge on any atom is 0.0832 e. The normalized spacial score (nSPS) is 12.1. The molecule has 0 bridgehead atoms. The van der Waals surface area contributed by atoms with Crippen molar-refractivity contribution in [2.24, 2.45) is 0 Å². The largest absolute Gasteiger partial charge is 0.262 e. The van der Waals surface area contributed by atoms with Gasteiger partial charge in [-0.2, -0.15) is 5.10 Å². The number of hydrogen-bond donors (Lipinski definition) is 0. The van der Waals surface area contributed by atoms with E-state index in [2.05, 4.69) is 45.7 Å². The van der Waals surface area contributed by atoms with Gasteiger partial charge in [0.05, 0.1) is 17.6 Å². The molecule has 0 N–H and O–H groups in total. The number of pyridine rings is 1. The summed E-state index contributed by atoms with van der Waals surface area (Å²) in [4.78, 5) is 4.17. The van der Waals surface area contributed by atoms with Crippen molar-refractivity contribution < 1.29 is 0 Å². The molecule has 2 rings (SSSR count). The van der Waals surface area contributed by atoms with Crippen LogP contribution in [0.2, 0.25) is 0 Å². The molecule has 0 fully saturated rings. The van der Waals surface area contributed by atoms with Crippen LogP contribution in [0.1, 0.15) is 51.9 Å². The molecule has 0 saturated heterocycles. The molecule has 0 atom stereocenters. The molecule has 0 spiro atoms. The minimum atomic E-state index is 0.0666. The summed E-state index contributed by atoms with van der Waals surface area (Å²) in [6.07, 6.45) is 3.64.